The van der Waals surface area contributed by atoms with E-state index in [9.17, 15) is 9.59 Å². The Kier molecular flexibility index (Phi) is 9.31. The maximum absolute atomic E-state index is 12.0. The Balaban J connectivity index is 0.00000312. The first-order valence-corrected chi connectivity index (χ1v) is 8.60. The lowest BCUT2D eigenvalue weighted by atomic mass is 10.0. The van der Waals surface area contributed by atoms with Crippen LogP contribution in [0.2, 0.25) is 0 Å². The van der Waals surface area contributed by atoms with Crippen LogP contribution in [0.4, 0.5) is 0 Å². The normalized spacial score (nSPS) is 14.6. The van der Waals surface area contributed by atoms with Gasteiger partial charge in [0.25, 0.3) is 0 Å². The van der Waals surface area contributed by atoms with Gasteiger partial charge in [-0.25, -0.2) is 0 Å². The van der Waals surface area contributed by atoms with E-state index in [4.69, 9.17) is 4.74 Å². The molecule has 0 aliphatic carbocycles. The number of carbonyl (C=O) groups excluding carboxylic acids is 2. The van der Waals surface area contributed by atoms with Crippen molar-refractivity contribution in [2.24, 2.45) is 5.92 Å². The second kappa shape index (κ2) is 10.9. The van der Waals surface area contributed by atoms with Crippen LogP contribution in [0.1, 0.15) is 38.3 Å². The number of benzene rings is 1. The summed E-state index contributed by atoms with van der Waals surface area (Å²) in [6.07, 6.45) is 1.05. The van der Waals surface area contributed by atoms with Crippen LogP contribution >= 0.6 is 12.4 Å². The van der Waals surface area contributed by atoms with Gasteiger partial charge in [-0.1, -0.05) is 12.1 Å². The largest absolute Gasteiger partial charge is 0.494 e. The molecule has 2 amide bonds. The van der Waals surface area contributed by atoms with E-state index in [1.54, 1.807) is 0 Å². The van der Waals surface area contributed by atoms with Crippen molar-refractivity contribution in [3.8, 4) is 5.75 Å². The minimum Gasteiger partial charge on any atom is -0.494 e. The summed E-state index contributed by atoms with van der Waals surface area (Å²) in [7, 11) is 0. The summed E-state index contributed by atoms with van der Waals surface area (Å²) in [6.45, 7) is 6.60. The highest BCUT2D eigenvalue weighted by Gasteiger charge is 2.24. The van der Waals surface area contributed by atoms with E-state index < -0.39 is 0 Å². The first-order chi connectivity index (χ1) is 11.6. The van der Waals surface area contributed by atoms with E-state index >= 15 is 0 Å². The summed E-state index contributed by atoms with van der Waals surface area (Å²) >= 11 is 0. The fourth-order valence-electron chi connectivity index (χ4n) is 2.50. The maximum Gasteiger partial charge on any atom is 0.225 e. The third-order valence-electron chi connectivity index (χ3n) is 4.10. The van der Waals surface area contributed by atoms with Crippen molar-refractivity contribution in [1.82, 2.24) is 16.0 Å². The first kappa shape index (κ1) is 21.3. The molecule has 25 heavy (non-hydrogen) atoms. The zero-order valence-corrected chi connectivity index (χ0v) is 15.7. The van der Waals surface area contributed by atoms with Crippen molar-refractivity contribution in [3.63, 3.8) is 0 Å². The fraction of sp³-hybridized carbons (Fsp3) is 0.556. The van der Waals surface area contributed by atoms with Gasteiger partial charge in [0.2, 0.25) is 11.8 Å². The Morgan fingerprint density at radius 3 is 2.52 bits per heavy atom. The molecule has 140 valence electrons. The third kappa shape index (κ3) is 6.92. The average Bonchev–Trinajstić information content (AvgIpc) is 2.51. The Bertz CT molecular complexity index is 547. The minimum atomic E-state index is -0.0520. The van der Waals surface area contributed by atoms with Gasteiger partial charge in [-0.3, -0.25) is 9.59 Å². The fourth-order valence-corrected chi connectivity index (χ4v) is 2.50. The van der Waals surface area contributed by atoms with Crippen LogP contribution in [0.5, 0.6) is 5.75 Å². The lowest BCUT2D eigenvalue weighted by Gasteiger charge is -2.25. The zero-order valence-electron chi connectivity index (χ0n) is 14.8. The van der Waals surface area contributed by atoms with Crippen molar-refractivity contribution in [1.29, 1.82) is 0 Å². The summed E-state index contributed by atoms with van der Waals surface area (Å²) in [5, 5.41) is 8.91. The Hall–Kier alpha value is -1.79. The summed E-state index contributed by atoms with van der Waals surface area (Å²) in [5.41, 5.74) is 1.04. The molecular weight excluding hydrogens is 342 g/mol. The molecular formula is C18H28ClN3O3. The Morgan fingerprint density at radius 2 is 1.96 bits per heavy atom. The number of rotatable bonds is 9. The molecule has 1 aromatic rings. The van der Waals surface area contributed by atoms with Gasteiger partial charge in [0.05, 0.1) is 18.6 Å². The van der Waals surface area contributed by atoms with Crippen molar-refractivity contribution >= 4 is 24.2 Å². The third-order valence-corrected chi connectivity index (χ3v) is 4.10. The van der Waals surface area contributed by atoms with Gasteiger partial charge in [0.1, 0.15) is 5.75 Å². The number of nitrogens with one attached hydrogen (secondary N) is 3. The van der Waals surface area contributed by atoms with Gasteiger partial charge in [-0.15, -0.1) is 12.4 Å². The predicted molar refractivity (Wildman–Crippen MR) is 100 cm³/mol. The molecule has 7 heteroatoms. The number of carbonyl (C=O) groups is 2. The SMILES string of the molecule is CCOc1ccc(C(C)NC(=O)CCCNC(=O)C2CNC2)cc1.Cl. The summed E-state index contributed by atoms with van der Waals surface area (Å²) in [4.78, 5) is 23.6. The molecule has 0 spiro atoms. The molecule has 1 fully saturated rings. The topological polar surface area (TPSA) is 79.5 Å². The molecule has 1 heterocycles. The van der Waals surface area contributed by atoms with Crippen LogP contribution in [0.3, 0.4) is 0 Å². The number of halogens is 1. The molecule has 1 saturated heterocycles. The second-order valence-corrected chi connectivity index (χ2v) is 6.04. The molecule has 0 radical (unpaired) electrons. The molecule has 2 rings (SSSR count). The number of hydrogen-bond donors (Lipinski definition) is 3. The summed E-state index contributed by atoms with van der Waals surface area (Å²) < 4.78 is 5.41. The van der Waals surface area contributed by atoms with Crippen LogP contribution in [0.15, 0.2) is 24.3 Å². The van der Waals surface area contributed by atoms with E-state index in [2.05, 4.69) is 16.0 Å². The molecule has 0 aromatic heterocycles. The molecule has 1 aliphatic rings. The van der Waals surface area contributed by atoms with E-state index in [0.29, 0.717) is 26.0 Å². The highest BCUT2D eigenvalue weighted by atomic mass is 35.5. The van der Waals surface area contributed by atoms with Gasteiger partial charge in [0, 0.05) is 26.1 Å². The van der Waals surface area contributed by atoms with Gasteiger partial charge in [-0.2, -0.15) is 0 Å². The number of ether oxygens (including phenoxy) is 1. The predicted octanol–water partition coefficient (Wildman–Crippen LogP) is 1.80. The van der Waals surface area contributed by atoms with Crippen molar-refractivity contribution in [2.75, 3.05) is 26.2 Å². The van der Waals surface area contributed by atoms with Crippen molar-refractivity contribution < 1.29 is 14.3 Å². The highest BCUT2D eigenvalue weighted by molar-refractivity contribution is 5.85. The molecule has 1 atom stereocenters. The number of hydrogen-bond acceptors (Lipinski definition) is 4. The molecule has 0 bridgehead atoms. The second-order valence-electron chi connectivity index (χ2n) is 6.04. The van der Waals surface area contributed by atoms with E-state index in [1.807, 2.05) is 38.1 Å². The van der Waals surface area contributed by atoms with E-state index in [0.717, 1.165) is 24.4 Å². The molecule has 1 unspecified atom stereocenters. The molecule has 6 nitrogen and oxygen atoms in total. The number of amides is 2. The van der Waals surface area contributed by atoms with Crippen LogP contribution < -0.4 is 20.7 Å². The van der Waals surface area contributed by atoms with Gasteiger partial charge in [0.15, 0.2) is 0 Å². The minimum absolute atomic E-state index is 0. The van der Waals surface area contributed by atoms with Gasteiger partial charge >= 0.3 is 0 Å². The van der Waals surface area contributed by atoms with Crippen LogP contribution in [0, 0.1) is 5.92 Å². The standard InChI is InChI=1S/C18H27N3O3.ClH/c1-3-24-16-8-6-14(7-9-16)13(2)21-17(22)5-4-10-20-18(23)15-11-19-12-15;/h6-9,13,15,19H,3-5,10-12H2,1-2H3,(H,20,23)(H,21,22);1H. The first-order valence-electron chi connectivity index (χ1n) is 8.60. The van der Waals surface area contributed by atoms with Crippen LogP contribution in [0.25, 0.3) is 0 Å². The Morgan fingerprint density at radius 1 is 1.28 bits per heavy atom. The molecule has 3 N–H and O–H groups in total. The zero-order chi connectivity index (χ0) is 17.4. The monoisotopic (exact) mass is 369 g/mol. The summed E-state index contributed by atoms with van der Waals surface area (Å²) in [6, 6.07) is 7.69. The quantitative estimate of drug-likeness (QED) is 0.580. The van der Waals surface area contributed by atoms with E-state index in [1.165, 1.54) is 0 Å². The van der Waals surface area contributed by atoms with Crippen molar-refractivity contribution in [2.45, 2.75) is 32.7 Å². The lowest BCUT2D eigenvalue weighted by Crippen LogP contribution is -2.50. The Labute approximate surface area is 155 Å². The van der Waals surface area contributed by atoms with Crippen LogP contribution in [-0.4, -0.2) is 38.1 Å². The average molecular weight is 370 g/mol. The molecule has 1 aromatic carbocycles. The van der Waals surface area contributed by atoms with Gasteiger partial charge < -0.3 is 20.7 Å². The lowest BCUT2D eigenvalue weighted by molar-refractivity contribution is -0.127. The maximum atomic E-state index is 12.0. The van der Waals surface area contributed by atoms with Crippen LogP contribution in [-0.2, 0) is 9.59 Å². The summed E-state index contributed by atoms with van der Waals surface area (Å²) in [5.74, 6) is 1.00. The van der Waals surface area contributed by atoms with Gasteiger partial charge in [-0.05, 0) is 38.0 Å². The smallest absolute Gasteiger partial charge is 0.225 e. The molecule has 0 saturated carbocycles. The highest BCUT2D eigenvalue weighted by Crippen LogP contribution is 2.17. The molecule has 1 aliphatic heterocycles. The van der Waals surface area contributed by atoms with Crippen molar-refractivity contribution in [3.05, 3.63) is 29.8 Å². The van der Waals surface area contributed by atoms with E-state index in [-0.39, 0.29) is 36.2 Å².